The van der Waals surface area contributed by atoms with E-state index in [9.17, 15) is 9.18 Å². The van der Waals surface area contributed by atoms with Crippen LogP contribution in [0.1, 0.15) is 46.5 Å². The lowest BCUT2D eigenvalue weighted by molar-refractivity contribution is 0.0326. The largest absolute Gasteiger partial charge is 0.379 e. The van der Waals surface area contributed by atoms with E-state index in [1.54, 1.807) is 12.1 Å². The predicted molar refractivity (Wildman–Crippen MR) is 101 cm³/mol. The number of nitrogens with two attached hydrogens (primary N) is 1. The maximum absolute atomic E-state index is 14.2. The molecule has 1 aromatic carbocycles. The van der Waals surface area contributed by atoms with Gasteiger partial charge in [-0.05, 0) is 52.4 Å². The molecule has 1 saturated heterocycles. The SMILES string of the molecule is NC(=O)c1nc2n(c1CN1CCOCC1)C1CC(C1)c1cc(F)c(Br)cc1-2. The second-order valence-electron chi connectivity index (χ2n) is 7.53. The molecule has 2 fully saturated rings. The molecule has 142 valence electrons. The fourth-order valence-corrected chi connectivity index (χ4v) is 4.86. The molecular weight excluding hydrogens is 415 g/mol. The Labute approximate surface area is 164 Å². The first-order valence-corrected chi connectivity index (χ1v) is 10.0. The van der Waals surface area contributed by atoms with Crippen molar-refractivity contribution in [2.75, 3.05) is 26.3 Å². The third kappa shape index (κ3) is 2.73. The van der Waals surface area contributed by atoms with Crippen LogP contribution in [0.4, 0.5) is 4.39 Å². The van der Waals surface area contributed by atoms with Gasteiger partial charge in [0.2, 0.25) is 0 Å². The lowest BCUT2D eigenvalue weighted by Crippen LogP contribution is -2.37. The van der Waals surface area contributed by atoms with Crippen LogP contribution in [0.5, 0.6) is 0 Å². The molecule has 0 radical (unpaired) electrons. The highest BCUT2D eigenvalue weighted by atomic mass is 79.9. The number of hydrogen-bond donors (Lipinski definition) is 1. The van der Waals surface area contributed by atoms with Gasteiger partial charge < -0.3 is 15.0 Å². The second-order valence-corrected chi connectivity index (χ2v) is 8.38. The molecule has 4 aliphatic rings. The zero-order valence-corrected chi connectivity index (χ0v) is 16.3. The molecule has 8 heteroatoms. The molecule has 1 amide bonds. The van der Waals surface area contributed by atoms with Crippen LogP contribution in [0.2, 0.25) is 0 Å². The van der Waals surface area contributed by atoms with Gasteiger partial charge in [-0.15, -0.1) is 0 Å². The Bertz CT molecular complexity index is 932. The van der Waals surface area contributed by atoms with E-state index < -0.39 is 5.91 Å². The van der Waals surface area contributed by atoms with Gasteiger partial charge in [-0.25, -0.2) is 9.37 Å². The third-order valence-corrected chi connectivity index (χ3v) is 6.58. The lowest BCUT2D eigenvalue weighted by Gasteiger charge is -2.36. The van der Waals surface area contributed by atoms with Crippen LogP contribution in [-0.2, 0) is 11.3 Å². The molecular formula is C19H20BrFN4O2. The monoisotopic (exact) mass is 434 g/mol. The van der Waals surface area contributed by atoms with Crippen molar-refractivity contribution in [3.63, 3.8) is 0 Å². The number of halogens is 2. The van der Waals surface area contributed by atoms with Gasteiger partial charge in [0, 0.05) is 31.2 Å². The summed E-state index contributed by atoms with van der Waals surface area (Å²) < 4.78 is 22.2. The Balaban J connectivity index is 1.67. The molecule has 6 rings (SSSR count). The summed E-state index contributed by atoms with van der Waals surface area (Å²) in [7, 11) is 0. The zero-order chi connectivity index (χ0) is 18.7. The predicted octanol–water partition coefficient (Wildman–Crippen LogP) is 2.81. The van der Waals surface area contributed by atoms with E-state index in [1.165, 1.54) is 0 Å². The van der Waals surface area contributed by atoms with E-state index in [4.69, 9.17) is 10.5 Å². The number of hydrogen-bond acceptors (Lipinski definition) is 4. The van der Waals surface area contributed by atoms with Crippen molar-refractivity contribution >= 4 is 21.8 Å². The number of benzene rings is 1. The van der Waals surface area contributed by atoms with Gasteiger partial charge in [0.15, 0.2) is 5.69 Å². The van der Waals surface area contributed by atoms with Gasteiger partial charge in [0.25, 0.3) is 5.91 Å². The Morgan fingerprint density at radius 3 is 2.78 bits per heavy atom. The van der Waals surface area contributed by atoms with Crippen molar-refractivity contribution in [1.29, 1.82) is 0 Å². The number of primary amides is 1. The molecule has 6 nitrogen and oxygen atoms in total. The summed E-state index contributed by atoms with van der Waals surface area (Å²) in [5.41, 5.74) is 8.74. The molecule has 27 heavy (non-hydrogen) atoms. The van der Waals surface area contributed by atoms with E-state index in [0.717, 1.165) is 48.6 Å². The maximum atomic E-state index is 14.2. The molecule has 2 N–H and O–H groups in total. The van der Waals surface area contributed by atoms with Crippen molar-refractivity contribution in [2.24, 2.45) is 5.73 Å². The molecule has 2 bridgehead atoms. The van der Waals surface area contributed by atoms with Gasteiger partial charge in [0.1, 0.15) is 11.6 Å². The van der Waals surface area contributed by atoms with E-state index in [1.807, 2.05) is 0 Å². The highest BCUT2D eigenvalue weighted by Gasteiger charge is 2.41. The smallest absolute Gasteiger partial charge is 0.269 e. The fourth-order valence-electron chi connectivity index (χ4n) is 4.52. The van der Waals surface area contributed by atoms with Gasteiger partial charge in [0.05, 0.1) is 23.4 Å². The van der Waals surface area contributed by atoms with Crippen LogP contribution in [0.15, 0.2) is 16.6 Å². The number of carbonyl (C=O) groups is 1. The first-order chi connectivity index (χ1) is 13.0. The first kappa shape index (κ1) is 17.3. The summed E-state index contributed by atoms with van der Waals surface area (Å²) in [4.78, 5) is 19.1. The highest BCUT2D eigenvalue weighted by molar-refractivity contribution is 9.10. The van der Waals surface area contributed by atoms with Gasteiger partial charge >= 0.3 is 0 Å². The van der Waals surface area contributed by atoms with Crippen LogP contribution in [0, 0.1) is 5.82 Å². The molecule has 0 unspecified atom stereocenters. The van der Waals surface area contributed by atoms with E-state index >= 15 is 0 Å². The maximum Gasteiger partial charge on any atom is 0.269 e. The quantitative estimate of drug-likeness (QED) is 0.805. The van der Waals surface area contributed by atoms with E-state index in [-0.39, 0.29) is 11.9 Å². The number of morpholine rings is 1. The van der Waals surface area contributed by atoms with Crippen molar-refractivity contribution < 1.29 is 13.9 Å². The molecule has 1 aromatic heterocycles. The van der Waals surface area contributed by atoms with Gasteiger partial charge in [-0.2, -0.15) is 0 Å². The number of carbonyl (C=O) groups excluding carboxylic acids is 1. The lowest BCUT2D eigenvalue weighted by atomic mass is 9.75. The Morgan fingerprint density at radius 1 is 1.33 bits per heavy atom. The first-order valence-electron chi connectivity index (χ1n) is 9.23. The summed E-state index contributed by atoms with van der Waals surface area (Å²) in [6.45, 7) is 3.63. The average Bonchev–Trinajstić information content (AvgIpc) is 2.85. The summed E-state index contributed by atoms with van der Waals surface area (Å²) >= 11 is 3.29. The zero-order valence-electron chi connectivity index (χ0n) is 14.8. The van der Waals surface area contributed by atoms with Crippen molar-refractivity contribution in [3.8, 4) is 11.4 Å². The number of ether oxygens (including phenoxy) is 1. The van der Waals surface area contributed by atoms with Crippen LogP contribution < -0.4 is 5.73 Å². The highest BCUT2D eigenvalue weighted by Crippen LogP contribution is 2.53. The Kier molecular flexibility index (Phi) is 4.10. The normalized spacial score (nSPS) is 23.9. The van der Waals surface area contributed by atoms with E-state index in [2.05, 4.69) is 30.4 Å². The summed E-state index contributed by atoms with van der Waals surface area (Å²) in [5, 5.41) is 0. The van der Waals surface area contributed by atoms with Crippen LogP contribution in [-0.4, -0.2) is 46.7 Å². The fraction of sp³-hybridized carbons (Fsp3) is 0.474. The van der Waals surface area contributed by atoms with Crippen molar-refractivity contribution in [2.45, 2.75) is 31.3 Å². The van der Waals surface area contributed by atoms with Crippen LogP contribution in [0.3, 0.4) is 0 Å². The molecule has 0 atom stereocenters. The van der Waals surface area contributed by atoms with Crippen molar-refractivity contribution in [1.82, 2.24) is 14.5 Å². The minimum atomic E-state index is -0.516. The topological polar surface area (TPSA) is 73.4 Å². The molecule has 0 spiro atoms. The summed E-state index contributed by atoms with van der Waals surface area (Å²) in [5.74, 6) is 0.286. The number of amides is 1. The van der Waals surface area contributed by atoms with E-state index in [0.29, 0.717) is 35.8 Å². The third-order valence-electron chi connectivity index (χ3n) is 5.97. The molecule has 4 heterocycles. The number of rotatable bonds is 3. The van der Waals surface area contributed by atoms with Gasteiger partial charge in [-0.1, -0.05) is 0 Å². The summed E-state index contributed by atoms with van der Waals surface area (Å²) in [6, 6.07) is 3.67. The number of aromatic nitrogens is 2. The van der Waals surface area contributed by atoms with Crippen LogP contribution >= 0.6 is 15.9 Å². The average molecular weight is 435 g/mol. The molecule has 2 aromatic rings. The second kappa shape index (κ2) is 6.39. The van der Waals surface area contributed by atoms with Crippen molar-refractivity contribution in [3.05, 3.63) is 39.4 Å². The minimum absolute atomic E-state index is 0.263. The standard InChI is InChI=1S/C19H20BrFN4O2/c20-14-7-13-12(8-15(14)21)10-5-11(6-10)25-16(9-24-1-3-27-4-2-24)17(18(22)26)23-19(13)25/h7-8,10-11H,1-6,9H2,(H2,22,26). The number of imidazole rings is 1. The molecule has 1 aliphatic carbocycles. The van der Waals surface area contributed by atoms with Crippen LogP contribution in [0.25, 0.3) is 11.4 Å². The van der Waals surface area contributed by atoms with Gasteiger partial charge in [-0.3, -0.25) is 9.69 Å². The number of nitrogens with zero attached hydrogens (tertiary/aromatic N) is 3. The summed E-state index contributed by atoms with van der Waals surface area (Å²) in [6.07, 6.45) is 1.87. The molecule has 3 aliphatic heterocycles. The minimum Gasteiger partial charge on any atom is -0.379 e. The Morgan fingerprint density at radius 2 is 2.07 bits per heavy atom. The Hall–Kier alpha value is -1.77. The molecule has 1 saturated carbocycles.